The molecule has 2 heteroatoms. The van der Waals surface area contributed by atoms with E-state index in [4.69, 9.17) is 4.74 Å². The monoisotopic (exact) mass is 249 g/mol. The van der Waals surface area contributed by atoms with E-state index in [0.29, 0.717) is 6.04 Å². The van der Waals surface area contributed by atoms with Gasteiger partial charge in [0.15, 0.2) is 0 Å². The van der Waals surface area contributed by atoms with E-state index in [0.717, 1.165) is 26.1 Å². The second kappa shape index (κ2) is 9.12. The molecule has 1 aromatic carbocycles. The molecule has 0 saturated carbocycles. The normalized spacial score (nSPS) is 12.6. The number of hydrogen-bond donors (Lipinski definition) is 1. The van der Waals surface area contributed by atoms with Crippen LogP contribution in [0, 0.1) is 0 Å². The van der Waals surface area contributed by atoms with Crippen molar-refractivity contribution in [2.45, 2.75) is 45.6 Å². The van der Waals surface area contributed by atoms with Gasteiger partial charge in [0.2, 0.25) is 0 Å². The molecule has 0 aliphatic heterocycles. The molecule has 1 aromatic rings. The topological polar surface area (TPSA) is 21.3 Å². The number of benzene rings is 1. The molecule has 0 aromatic heterocycles. The lowest BCUT2D eigenvalue weighted by molar-refractivity contribution is 0.125. The van der Waals surface area contributed by atoms with Gasteiger partial charge in [-0.15, -0.1) is 0 Å². The van der Waals surface area contributed by atoms with Gasteiger partial charge in [-0.1, -0.05) is 44.5 Å². The van der Waals surface area contributed by atoms with Crippen molar-refractivity contribution >= 4 is 0 Å². The van der Waals surface area contributed by atoms with Gasteiger partial charge in [0, 0.05) is 19.3 Å². The summed E-state index contributed by atoms with van der Waals surface area (Å²) in [6.07, 6.45) is 4.50. The molecule has 0 fully saturated rings. The number of aryl methyl sites for hydroxylation is 1. The molecule has 0 bridgehead atoms. The molecule has 1 atom stereocenters. The third-order valence-electron chi connectivity index (χ3n) is 3.17. The van der Waals surface area contributed by atoms with Crippen molar-refractivity contribution in [1.82, 2.24) is 5.32 Å². The van der Waals surface area contributed by atoms with Gasteiger partial charge < -0.3 is 10.1 Å². The average Bonchev–Trinajstić information content (AvgIpc) is 2.41. The third kappa shape index (κ3) is 5.19. The van der Waals surface area contributed by atoms with E-state index in [2.05, 4.69) is 43.4 Å². The van der Waals surface area contributed by atoms with E-state index in [-0.39, 0.29) is 0 Å². The predicted molar refractivity (Wildman–Crippen MR) is 78.0 cm³/mol. The highest BCUT2D eigenvalue weighted by molar-refractivity contribution is 5.25. The molecule has 0 aliphatic carbocycles. The molecule has 0 heterocycles. The number of nitrogens with one attached hydrogen (secondary N) is 1. The molecule has 1 unspecified atom stereocenters. The van der Waals surface area contributed by atoms with E-state index in [1.54, 1.807) is 0 Å². The summed E-state index contributed by atoms with van der Waals surface area (Å²) in [5.74, 6) is 0. The number of ether oxygens (including phenoxy) is 1. The maximum absolute atomic E-state index is 5.56. The summed E-state index contributed by atoms with van der Waals surface area (Å²) in [5.41, 5.74) is 2.79. The van der Waals surface area contributed by atoms with Crippen LogP contribution >= 0.6 is 0 Å². The first kappa shape index (κ1) is 15.2. The Bertz CT molecular complexity index is 307. The van der Waals surface area contributed by atoms with Crippen LogP contribution in [-0.4, -0.2) is 20.3 Å². The first-order valence-electron chi connectivity index (χ1n) is 7.15. The maximum atomic E-state index is 5.56. The second-order valence-electron chi connectivity index (χ2n) is 4.73. The molecule has 1 N–H and O–H groups in total. The fourth-order valence-corrected chi connectivity index (χ4v) is 2.13. The highest BCUT2D eigenvalue weighted by atomic mass is 16.5. The molecule has 2 nitrogen and oxygen atoms in total. The fourth-order valence-electron chi connectivity index (χ4n) is 2.13. The molecule has 102 valence electrons. The zero-order valence-electron chi connectivity index (χ0n) is 12.0. The Morgan fingerprint density at radius 3 is 2.33 bits per heavy atom. The molecule has 0 saturated heterocycles. The van der Waals surface area contributed by atoms with Crippen LogP contribution < -0.4 is 5.32 Å². The Morgan fingerprint density at radius 1 is 1.06 bits per heavy atom. The Hall–Kier alpha value is -0.860. The largest absolute Gasteiger partial charge is 0.381 e. The minimum atomic E-state index is 0.400. The summed E-state index contributed by atoms with van der Waals surface area (Å²) in [7, 11) is 2.02. The van der Waals surface area contributed by atoms with Gasteiger partial charge in [-0.25, -0.2) is 0 Å². The first-order chi connectivity index (χ1) is 8.81. The Labute approximate surface area is 112 Å². The summed E-state index contributed by atoms with van der Waals surface area (Å²) >= 11 is 0. The Morgan fingerprint density at radius 2 is 1.78 bits per heavy atom. The smallest absolute Gasteiger partial charge is 0.0484 e. The van der Waals surface area contributed by atoms with Crippen molar-refractivity contribution in [3.63, 3.8) is 0 Å². The molecule has 1 rings (SSSR count). The zero-order chi connectivity index (χ0) is 13.2. The lowest BCUT2D eigenvalue weighted by Gasteiger charge is -2.17. The molecule has 0 aliphatic rings. The lowest BCUT2D eigenvalue weighted by atomic mass is 10.0. The van der Waals surface area contributed by atoms with Crippen LogP contribution in [-0.2, 0) is 11.2 Å². The van der Waals surface area contributed by atoms with Crippen molar-refractivity contribution in [1.29, 1.82) is 0 Å². The van der Waals surface area contributed by atoms with E-state index in [1.165, 1.54) is 24.0 Å². The summed E-state index contributed by atoms with van der Waals surface area (Å²) in [5, 5.41) is 3.37. The first-order valence-corrected chi connectivity index (χ1v) is 7.15. The number of hydrogen-bond acceptors (Lipinski definition) is 2. The van der Waals surface area contributed by atoms with E-state index >= 15 is 0 Å². The van der Waals surface area contributed by atoms with Crippen molar-refractivity contribution in [3.05, 3.63) is 35.4 Å². The fraction of sp³-hybridized carbons (Fsp3) is 0.625. The van der Waals surface area contributed by atoms with Gasteiger partial charge >= 0.3 is 0 Å². The highest BCUT2D eigenvalue weighted by Crippen LogP contribution is 2.17. The second-order valence-corrected chi connectivity index (χ2v) is 4.73. The van der Waals surface area contributed by atoms with E-state index in [9.17, 15) is 0 Å². The van der Waals surface area contributed by atoms with Gasteiger partial charge in [-0.2, -0.15) is 0 Å². The summed E-state index contributed by atoms with van der Waals surface area (Å²) in [4.78, 5) is 0. The quantitative estimate of drug-likeness (QED) is 0.674. The molecule has 18 heavy (non-hydrogen) atoms. The van der Waals surface area contributed by atoms with E-state index in [1.807, 2.05) is 7.05 Å². The van der Waals surface area contributed by atoms with Crippen LogP contribution in [0.2, 0.25) is 0 Å². The molecule has 0 amide bonds. The number of rotatable bonds is 9. The van der Waals surface area contributed by atoms with Crippen molar-refractivity contribution < 1.29 is 4.74 Å². The molecule has 0 spiro atoms. The summed E-state index contributed by atoms with van der Waals surface area (Å²) < 4.78 is 5.56. The van der Waals surface area contributed by atoms with Gasteiger partial charge in [0.05, 0.1) is 0 Å². The van der Waals surface area contributed by atoms with E-state index < -0.39 is 0 Å². The third-order valence-corrected chi connectivity index (χ3v) is 3.17. The van der Waals surface area contributed by atoms with Gasteiger partial charge in [-0.3, -0.25) is 0 Å². The SMILES string of the molecule is CCCOCCC(NC)c1ccc(CCC)cc1. The summed E-state index contributed by atoms with van der Waals surface area (Å²) in [6, 6.07) is 9.38. The standard InChI is InChI=1S/C16H27NO/c1-4-6-14-7-9-15(10-8-14)16(17-3)11-13-18-12-5-2/h7-10,16-17H,4-6,11-13H2,1-3H3. The van der Waals surface area contributed by atoms with Crippen molar-refractivity contribution in [3.8, 4) is 0 Å². The van der Waals surface area contributed by atoms with Crippen LogP contribution in [0.1, 0.15) is 50.3 Å². The zero-order valence-corrected chi connectivity index (χ0v) is 12.0. The van der Waals surface area contributed by atoms with Crippen LogP contribution in [0.15, 0.2) is 24.3 Å². The van der Waals surface area contributed by atoms with Crippen LogP contribution in [0.3, 0.4) is 0 Å². The van der Waals surface area contributed by atoms with Crippen LogP contribution in [0.25, 0.3) is 0 Å². The highest BCUT2D eigenvalue weighted by Gasteiger charge is 2.08. The van der Waals surface area contributed by atoms with Crippen molar-refractivity contribution in [2.75, 3.05) is 20.3 Å². The summed E-state index contributed by atoms with van der Waals surface area (Å²) in [6.45, 7) is 6.05. The minimum absolute atomic E-state index is 0.400. The molecular weight excluding hydrogens is 222 g/mol. The van der Waals surface area contributed by atoms with Crippen LogP contribution in [0.4, 0.5) is 0 Å². The minimum Gasteiger partial charge on any atom is -0.381 e. The maximum Gasteiger partial charge on any atom is 0.0484 e. The average molecular weight is 249 g/mol. The molecular formula is C16H27NO. The lowest BCUT2D eigenvalue weighted by Crippen LogP contribution is -2.18. The van der Waals surface area contributed by atoms with Gasteiger partial charge in [-0.05, 0) is 37.4 Å². The Kier molecular flexibility index (Phi) is 7.70. The van der Waals surface area contributed by atoms with Gasteiger partial charge in [0.25, 0.3) is 0 Å². The predicted octanol–water partition coefficient (Wildman–Crippen LogP) is 3.72. The van der Waals surface area contributed by atoms with Gasteiger partial charge in [0.1, 0.15) is 0 Å². The molecule has 0 radical (unpaired) electrons. The Balaban J connectivity index is 2.48. The van der Waals surface area contributed by atoms with Crippen molar-refractivity contribution in [2.24, 2.45) is 0 Å². The van der Waals surface area contributed by atoms with Crippen LogP contribution in [0.5, 0.6) is 0 Å².